The number of fused-ring (bicyclic) bond motifs is 2. The van der Waals surface area contributed by atoms with E-state index in [1.165, 1.54) is 10.4 Å². The quantitative estimate of drug-likeness (QED) is 0.791. The number of imidazole rings is 1. The molecule has 0 spiro atoms. The number of thiophene rings is 1. The molecule has 0 amide bonds. The number of aromatic nitrogens is 2. The SMILES string of the molecule is CC1c2ccsc2CCN1c1nc2sccn2c1CN. The van der Waals surface area contributed by atoms with Gasteiger partial charge in [0, 0.05) is 29.5 Å². The van der Waals surface area contributed by atoms with E-state index in [4.69, 9.17) is 10.7 Å². The van der Waals surface area contributed by atoms with E-state index < -0.39 is 0 Å². The van der Waals surface area contributed by atoms with E-state index in [1.807, 2.05) is 11.3 Å². The van der Waals surface area contributed by atoms with Crippen LogP contribution in [-0.4, -0.2) is 15.9 Å². The number of hydrogen-bond acceptors (Lipinski definition) is 5. The van der Waals surface area contributed by atoms with Gasteiger partial charge in [-0.3, -0.25) is 4.40 Å². The van der Waals surface area contributed by atoms with Gasteiger partial charge in [-0.15, -0.1) is 22.7 Å². The second-order valence-corrected chi connectivity index (χ2v) is 6.93. The summed E-state index contributed by atoms with van der Waals surface area (Å²) >= 11 is 3.53. The van der Waals surface area contributed by atoms with Crippen molar-refractivity contribution in [2.24, 2.45) is 5.73 Å². The molecule has 0 fully saturated rings. The molecule has 0 radical (unpaired) electrons. The first-order chi connectivity index (χ1) is 9.79. The van der Waals surface area contributed by atoms with Crippen molar-refractivity contribution in [2.75, 3.05) is 11.4 Å². The summed E-state index contributed by atoms with van der Waals surface area (Å²) in [4.78, 5) is 9.75. The van der Waals surface area contributed by atoms with Crippen LogP contribution in [0.1, 0.15) is 29.1 Å². The Hall–Kier alpha value is -1.37. The molecule has 1 aliphatic rings. The van der Waals surface area contributed by atoms with Gasteiger partial charge in [0.05, 0.1) is 11.7 Å². The summed E-state index contributed by atoms with van der Waals surface area (Å²) in [6.45, 7) is 3.80. The molecule has 4 heterocycles. The average Bonchev–Trinajstić information content (AvgIpc) is 3.13. The topological polar surface area (TPSA) is 46.6 Å². The fourth-order valence-corrected chi connectivity index (χ4v) is 4.73. The Labute approximate surface area is 125 Å². The Morgan fingerprint density at radius 3 is 3.15 bits per heavy atom. The molecule has 4 nitrogen and oxygen atoms in total. The van der Waals surface area contributed by atoms with Crippen LogP contribution < -0.4 is 10.6 Å². The second kappa shape index (κ2) is 4.58. The van der Waals surface area contributed by atoms with Crippen molar-refractivity contribution in [3.05, 3.63) is 39.2 Å². The lowest BCUT2D eigenvalue weighted by molar-refractivity contribution is 0.623. The number of nitrogens with two attached hydrogens (primary N) is 1. The molecule has 4 rings (SSSR count). The van der Waals surface area contributed by atoms with Crippen LogP contribution in [0.25, 0.3) is 4.96 Å². The molecular formula is C14H16N4S2. The minimum atomic E-state index is 0.375. The van der Waals surface area contributed by atoms with E-state index in [0.717, 1.165) is 29.4 Å². The van der Waals surface area contributed by atoms with Gasteiger partial charge < -0.3 is 10.6 Å². The lowest BCUT2D eigenvalue weighted by atomic mass is 10.0. The summed E-state index contributed by atoms with van der Waals surface area (Å²) in [5, 5.41) is 4.25. The first-order valence-corrected chi connectivity index (χ1v) is 8.53. The van der Waals surface area contributed by atoms with Crippen molar-refractivity contribution in [1.82, 2.24) is 9.38 Å². The van der Waals surface area contributed by atoms with E-state index in [0.29, 0.717) is 12.6 Å². The van der Waals surface area contributed by atoms with Gasteiger partial charge >= 0.3 is 0 Å². The number of rotatable bonds is 2. The van der Waals surface area contributed by atoms with Gasteiger partial charge in [-0.05, 0) is 30.4 Å². The average molecular weight is 304 g/mol. The number of thiazole rings is 1. The number of anilines is 1. The maximum absolute atomic E-state index is 5.97. The van der Waals surface area contributed by atoms with Crippen molar-refractivity contribution in [2.45, 2.75) is 25.9 Å². The van der Waals surface area contributed by atoms with Crippen LogP contribution in [0.3, 0.4) is 0 Å². The minimum Gasteiger partial charge on any atom is -0.348 e. The Morgan fingerprint density at radius 1 is 1.40 bits per heavy atom. The maximum Gasteiger partial charge on any atom is 0.195 e. The molecule has 104 valence electrons. The minimum absolute atomic E-state index is 0.375. The van der Waals surface area contributed by atoms with Crippen LogP contribution in [0.15, 0.2) is 23.0 Å². The second-order valence-electron chi connectivity index (χ2n) is 5.06. The Balaban J connectivity index is 1.82. The highest BCUT2D eigenvalue weighted by Crippen LogP contribution is 2.37. The third-order valence-electron chi connectivity index (χ3n) is 4.08. The maximum atomic E-state index is 5.97. The zero-order valence-corrected chi connectivity index (χ0v) is 12.9. The predicted octanol–water partition coefficient (Wildman–Crippen LogP) is 3.04. The molecule has 20 heavy (non-hydrogen) atoms. The van der Waals surface area contributed by atoms with Crippen molar-refractivity contribution in [1.29, 1.82) is 0 Å². The third kappa shape index (κ3) is 1.65. The smallest absolute Gasteiger partial charge is 0.195 e. The molecule has 3 aromatic heterocycles. The van der Waals surface area contributed by atoms with E-state index >= 15 is 0 Å². The molecule has 3 aromatic rings. The molecule has 1 unspecified atom stereocenters. The highest BCUT2D eigenvalue weighted by molar-refractivity contribution is 7.15. The monoisotopic (exact) mass is 304 g/mol. The largest absolute Gasteiger partial charge is 0.348 e. The summed E-state index contributed by atoms with van der Waals surface area (Å²) in [6.07, 6.45) is 3.16. The zero-order chi connectivity index (χ0) is 13.7. The Morgan fingerprint density at radius 2 is 2.30 bits per heavy atom. The van der Waals surface area contributed by atoms with Crippen LogP contribution in [-0.2, 0) is 13.0 Å². The lowest BCUT2D eigenvalue weighted by Crippen LogP contribution is -2.34. The Bertz CT molecular complexity index is 754. The van der Waals surface area contributed by atoms with Crippen LogP contribution in [0.4, 0.5) is 5.82 Å². The zero-order valence-electron chi connectivity index (χ0n) is 11.2. The van der Waals surface area contributed by atoms with E-state index in [-0.39, 0.29) is 0 Å². The van der Waals surface area contributed by atoms with Crippen LogP contribution in [0.5, 0.6) is 0 Å². The molecular weight excluding hydrogens is 288 g/mol. The number of hydrogen-bond donors (Lipinski definition) is 1. The van der Waals surface area contributed by atoms with Gasteiger partial charge in [0.15, 0.2) is 10.8 Å². The fourth-order valence-electron chi connectivity index (χ4n) is 3.04. The molecule has 0 aliphatic carbocycles. The van der Waals surface area contributed by atoms with Crippen molar-refractivity contribution < 1.29 is 0 Å². The summed E-state index contributed by atoms with van der Waals surface area (Å²) in [5.41, 5.74) is 8.53. The molecule has 0 saturated carbocycles. The molecule has 0 bridgehead atoms. The molecule has 0 saturated heterocycles. The van der Waals surface area contributed by atoms with Gasteiger partial charge in [-0.2, -0.15) is 0 Å². The first-order valence-electron chi connectivity index (χ1n) is 6.77. The van der Waals surface area contributed by atoms with Gasteiger partial charge in [0.25, 0.3) is 0 Å². The standard InChI is InChI=1S/C14H16N4S2/c1-9-10-3-6-19-12(10)2-4-17(9)13-11(8-15)18-5-7-20-14(18)16-13/h3,5-7,9H,2,4,8,15H2,1H3. The normalized spacial score (nSPS) is 18.7. The van der Waals surface area contributed by atoms with E-state index in [2.05, 4.69) is 39.2 Å². The number of nitrogens with zero attached hydrogens (tertiary/aromatic N) is 3. The summed E-state index contributed by atoms with van der Waals surface area (Å²) in [7, 11) is 0. The van der Waals surface area contributed by atoms with Gasteiger partial charge in [-0.25, -0.2) is 4.98 Å². The van der Waals surface area contributed by atoms with Gasteiger partial charge in [0.1, 0.15) is 0 Å². The highest BCUT2D eigenvalue weighted by Gasteiger charge is 2.28. The molecule has 0 aromatic carbocycles. The van der Waals surface area contributed by atoms with Gasteiger partial charge in [-0.1, -0.05) is 0 Å². The fraction of sp³-hybridized carbons (Fsp3) is 0.357. The van der Waals surface area contributed by atoms with E-state index in [1.54, 1.807) is 11.3 Å². The molecule has 6 heteroatoms. The van der Waals surface area contributed by atoms with Crippen molar-refractivity contribution in [3.63, 3.8) is 0 Å². The van der Waals surface area contributed by atoms with Crippen molar-refractivity contribution >= 4 is 33.5 Å². The summed E-state index contributed by atoms with van der Waals surface area (Å²) < 4.78 is 2.12. The van der Waals surface area contributed by atoms with Crippen LogP contribution in [0.2, 0.25) is 0 Å². The van der Waals surface area contributed by atoms with Crippen LogP contribution >= 0.6 is 22.7 Å². The van der Waals surface area contributed by atoms with Crippen LogP contribution in [0, 0.1) is 0 Å². The molecule has 2 N–H and O–H groups in total. The predicted molar refractivity (Wildman–Crippen MR) is 84.7 cm³/mol. The van der Waals surface area contributed by atoms with Crippen molar-refractivity contribution in [3.8, 4) is 0 Å². The Kier molecular flexibility index (Phi) is 2.83. The third-order valence-corrected chi connectivity index (χ3v) is 5.84. The summed E-state index contributed by atoms with van der Waals surface area (Å²) in [6, 6.07) is 2.62. The van der Waals surface area contributed by atoms with E-state index in [9.17, 15) is 0 Å². The van der Waals surface area contributed by atoms with Gasteiger partial charge in [0.2, 0.25) is 0 Å². The lowest BCUT2D eigenvalue weighted by Gasteiger charge is -2.34. The molecule has 1 atom stereocenters. The molecule has 1 aliphatic heterocycles. The summed E-state index contributed by atoms with van der Waals surface area (Å²) in [5.74, 6) is 1.06. The first kappa shape index (κ1) is 12.4. The highest BCUT2D eigenvalue weighted by atomic mass is 32.1.